The van der Waals surface area contributed by atoms with Crippen molar-refractivity contribution in [1.29, 1.82) is 0 Å². The molecule has 0 atom stereocenters. The van der Waals surface area contributed by atoms with Crippen LogP contribution < -0.4 is 5.32 Å². The number of pyridine rings is 2. The minimum atomic E-state index is -0.544. The topological polar surface area (TPSA) is 59.3 Å². The lowest BCUT2D eigenvalue weighted by Crippen LogP contribution is -2.26. The van der Waals surface area contributed by atoms with E-state index in [0.29, 0.717) is 10.8 Å². The summed E-state index contributed by atoms with van der Waals surface area (Å²) in [6, 6.07) is 5.56. The van der Waals surface area contributed by atoms with Crippen molar-refractivity contribution in [2.24, 2.45) is 0 Å². The maximum absolute atomic E-state index is 11.7. The van der Waals surface area contributed by atoms with Crippen molar-refractivity contribution >= 4 is 34.5 Å². The van der Waals surface area contributed by atoms with Gasteiger partial charge in [0.25, 0.3) is 0 Å². The summed E-state index contributed by atoms with van der Waals surface area (Å²) in [5.74, 6) is 0.772. The largest absolute Gasteiger partial charge is 0.337 e. The van der Waals surface area contributed by atoms with Crippen LogP contribution in [0.25, 0.3) is 5.65 Å². The third-order valence-corrected chi connectivity index (χ3v) is 4.29. The van der Waals surface area contributed by atoms with Gasteiger partial charge in [0.1, 0.15) is 11.6 Å². The predicted octanol–water partition coefficient (Wildman–Crippen LogP) is 3.99. The first kappa shape index (κ1) is 15.5. The van der Waals surface area contributed by atoms with E-state index in [1.54, 1.807) is 31.6 Å². The first-order chi connectivity index (χ1) is 10.9. The van der Waals surface area contributed by atoms with Crippen LogP contribution in [0.3, 0.4) is 0 Å². The van der Waals surface area contributed by atoms with Gasteiger partial charge in [-0.3, -0.25) is 4.79 Å². The molecule has 0 radical (unpaired) electrons. The van der Waals surface area contributed by atoms with Crippen LogP contribution >= 0.6 is 11.6 Å². The Morgan fingerprint density at radius 2 is 2.09 bits per heavy atom. The minimum Gasteiger partial charge on any atom is -0.337 e. The van der Waals surface area contributed by atoms with Crippen LogP contribution in [0.1, 0.15) is 26.3 Å². The first-order valence-electron chi connectivity index (χ1n) is 7.25. The molecule has 5 nitrogen and oxygen atoms in total. The molecule has 118 valence electrons. The number of rotatable bonds is 4. The second kappa shape index (κ2) is 5.66. The number of hydrogen-bond donors (Lipinski definition) is 1. The van der Waals surface area contributed by atoms with E-state index in [-0.39, 0.29) is 5.78 Å². The van der Waals surface area contributed by atoms with Crippen molar-refractivity contribution in [3.63, 3.8) is 0 Å². The van der Waals surface area contributed by atoms with E-state index >= 15 is 0 Å². The van der Waals surface area contributed by atoms with Crippen LogP contribution in [0.15, 0.2) is 43.0 Å². The van der Waals surface area contributed by atoms with E-state index in [1.807, 2.05) is 36.6 Å². The van der Waals surface area contributed by atoms with Crippen molar-refractivity contribution in [3.05, 3.63) is 53.6 Å². The molecule has 0 bridgehead atoms. The maximum atomic E-state index is 11.7. The van der Waals surface area contributed by atoms with Crippen LogP contribution in [0.5, 0.6) is 0 Å². The third-order valence-electron chi connectivity index (χ3n) is 4.08. The number of nitrogens with one attached hydrogen (secondary N) is 1. The molecule has 3 heterocycles. The molecule has 6 heteroatoms. The molecule has 0 fully saturated rings. The molecule has 0 spiro atoms. The Hall–Kier alpha value is -2.40. The van der Waals surface area contributed by atoms with E-state index in [4.69, 9.17) is 11.6 Å². The van der Waals surface area contributed by atoms with Crippen LogP contribution in [0.2, 0.25) is 5.02 Å². The lowest BCUT2D eigenvalue weighted by atomic mass is 9.82. The highest BCUT2D eigenvalue weighted by molar-refractivity contribution is 6.30. The highest BCUT2D eigenvalue weighted by Crippen LogP contribution is 2.27. The number of anilines is 2. The molecule has 0 aliphatic heterocycles. The number of aromatic nitrogens is 3. The smallest absolute Gasteiger partial charge is 0.160 e. The Morgan fingerprint density at radius 1 is 1.30 bits per heavy atom. The first-order valence-corrected chi connectivity index (χ1v) is 7.62. The highest BCUT2D eigenvalue weighted by Gasteiger charge is 2.26. The normalized spacial score (nSPS) is 11.7. The van der Waals surface area contributed by atoms with Gasteiger partial charge in [-0.05, 0) is 38.5 Å². The third kappa shape index (κ3) is 2.92. The molecule has 23 heavy (non-hydrogen) atoms. The average Bonchev–Trinajstić information content (AvgIpc) is 2.96. The fourth-order valence-corrected chi connectivity index (χ4v) is 2.48. The molecular weight excluding hydrogens is 312 g/mol. The standard InChI is InChI=1S/C17H17ClN4O/c1-11(23)17(2,3)12-4-5-15(20-9-12)21-14-8-13(18)10-22-7-6-19-16(14)22/h4-10H,1-3H3,(H,20,21). The van der Waals surface area contributed by atoms with Crippen LogP contribution in [-0.4, -0.2) is 20.2 Å². The zero-order valence-electron chi connectivity index (χ0n) is 13.2. The quantitative estimate of drug-likeness (QED) is 0.786. The van der Waals surface area contributed by atoms with Crippen molar-refractivity contribution < 1.29 is 4.79 Å². The molecule has 0 amide bonds. The zero-order chi connectivity index (χ0) is 16.6. The van der Waals surface area contributed by atoms with Gasteiger partial charge in [-0.2, -0.15) is 0 Å². The van der Waals surface area contributed by atoms with Crippen LogP contribution in [0, 0.1) is 0 Å². The van der Waals surface area contributed by atoms with Gasteiger partial charge in [-0.15, -0.1) is 0 Å². The summed E-state index contributed by atoms with van der Waals surface area (Å²) in [7, 11) is 0. The molecule has 3 aromatic heterocycles. The lowest BCUT2D eigenvalue weighted by molar-refractivity contribution is -0.121. The number of hydrogen-bond acceptors (Lipinski definition) is 4. The number of imidazole rings is 1. The lowest BCUT2D eigenvalue weighted by Gasteiger charge is -2.21. The fraction of sp³-hybridized carbons (Fsp3) is 0.235. The summed E-state index contributed by atoms with van der Waals surface area (Å²) >= 11 is 6.12. The Labute approximate surface area is 139 Å². The van der Waals surface area contributed by atoms with Gasteiger partial charge in [-0.1, -0.05) is 17.7 Å². The maximum Gasteiger partial charge on any atom is 0.160 e. The molecule has 1 N–H and O–H groups in total. The number of fused-ring (bicyclic) bond motifs is 1. The Bertz CT molecular complexity index is 868. The summed E-state index contributed by atoms with van der Waals surface area (Å²) in [5.41, 5.74) is 1.88. The summed E-state index contributed by atoms with van der Waals surface area (Å²) in [6.45, 7) is 5.38. The highest BCUT2D eigenvalue weighted by atomic mass is 35.5. The number of carbonyl (C=O) groups excluding carboxylic acids is 1. The van der Waals surface area contributed by atoms with Crippen molar-refractivity contribution in [1.82, 2.24) is 14.4 Å². The fourth-order valence-electron chi connectivity index (χ4n) is 2.27. The van der Waals surface area contributed by atoms with Gasteiger partial charge in [0.15, 0.2) is 5.65 Å². The molecule has 0 unspecified atom stereocenters. The summed E-state index contributed by atoms with van der Waals surface area (Å²) in [5, 5.41) is 3.82. The Kier molecular flexibility index (Phi) is 3.82. The Morgan fingerprint density at radius 3 is 2.74 bits per heavy atom. The van der Waals surface area contributed by atoms with Crippen LogP contribution in [0.4, 0.5) is 11.5 Å². The van der Waals surface area contributed by atoms with Gasteiger partial charge in [0, 0.05) is 30.2 Å². The number of nitrogens with zero attached hydrogens (tertiary/aromatic N) is 3. The number of carbonyl (C=O) groups is 1. The summed E-state index contributed by atoms with van der Waals surface area (Å²) < 4.78 is 1.85. The molecule has 3 aromatic rings. The van der Waals surface area contributed by atoms with E-state index in [9.17, 15) is 4.79 Å². The SMILES string of the molecule is CC(=O)C(C)(C)c1ccc(Nc2cc(Cl)cn3ccnc23)nc1. The van der Waals surface area contributed by atoms with E-state index in [2.05, 4.69) is 15.3 Å². The summed E-state index contributed by atoms with van der Waals surface area (Å²) in [4.78, 5) is 20.4. The van der Waals surface area contributed by atoms with Gasteiger partial charge >= 0.3 is 0 Å². The second-order valence-corrected chi connectivity index (χ2v) is 6.40. The van der Waals surface area contributed by atoms with Gasteiger partial charge in [0.05, 0.1) is 10.7 Å². The van der Waals surface area contributed by atoms with Crippen LogP contribution in [-0.2, 0) is 10.2 Å². The second-order valence-electron chi connectivity index (χ2n) is 5.97. The molecule has 0 aromatic carbocycles. The number of Topliss-reactive ketones (excluding diaryl/α,β-unsaturated/α-hetero) is 1. The average molecular weight is 329 g/mol. The molecule has 0 aliphatic carbocycles. The van der Waals surface area contributed by atoms with E-state index < -0.39 is 5.41 Å². The zero-order valence-corrected chi connectivity index (χ0v) is 13.9. The van der Waals surface area contributed by atoms with Gasteiger partial charge in [0.2, 0.25) is 0 Å². The molecule has 0 saturated heterocycles. The molecular formula is C17H17ClN4O. The van der Waals surface area contributed by atoms with Crippen molar-refractivity contribution in [2.75, 3.05) is 5.32 Å². The van der Waals surface area contributed by atoms with Gasteiger partial charge < -0.3 is 9.72 Å². The monoisotopic (exact) mass is 328 g/mol. The predicted molar refractivity (Wildman–Crippen MR) is 91.4 cm³/mol. The molecule has 0 aliphatic rings. The number of ketones is 1. The molecule has 3 rings (SSSR count). The van der Waals surface area contributed by atoms with Crippen molar-refractivity contribution in [2.45, 2.75) is 26.2 Å². The minimum absolute atomic E-state index is 0.106. The van der Waals surface area contributed by atoms with E-state index in [0.717, 1.165) is 16.9 Å². The van der Waals surface area contributed by atoms with E-state index in [1.165, 1.54) is 0 Å². The molecule has 0 saturated carbocycles. The van der Waals surface area contributed by atoms with Gasteiger partial charge in [-0.25, -0.2) is 9.97 Å². The number of halogens is 1. The van der Waals surface area contributed by atoms with Crippen molar-refractivity contribution in [3.8, 4) is 0 Å². The Balaban J connectivity index is 1.91. The summed E-state index contributed by atoms with van der Waals surface area (Å²) in [6.07, 6.45) is 7.05.